The van der Waals surface area contributed by atoms with Crippen molar-refractivity contribution >= 4 is 29.1 Å². The summed E-state index contributed by atoms with van der Waals surface area (Å²) in [7, 11) is 3.00. The topological polar surface area (TPSA) is 38.3 Å². The smallest absolute Gasteiger partial charge is 0.254 e. The molecule has 0 saturated heterocycles. The second-order valence-corrected chi connectivity index (χ2v) is 3.36. The number of carbonyl (C=O) groups is 1. The number of benzene rings is 1. The van der Waals surface area contributed by atoms with Crippen molar-refractivity contribution in [3.63, 3.8) is 0 Å². The van der Waals surface area contributed by atoms with Gasteiger partial charge in [0.15, 0.2) is 0 Å². The first-order valence-electron chi connectivity index (χ1n) is 3.85. The Hall–Kier alpha value is -0.930. The molecule has 0 bridgehead atoms. The highest BCUT2D eigenvalue weighted by Crippen LogP contribution is 2.30. The molecule has 0 aliphatic rings. The number of hydrogen-bond acceptors (Lipinski definition) is 2. The van der Waals surface area contributed by atoms with E-state index in [0.29, 0.717) is 21.4 Å². The number of methoxy groups -OCH3 is 1. The van der Waals surface area contributed by atoms with E-state index in [9.17, 15) is 4.79 Å². The minimum absolute atomic E-state index is 0.264. The minimum atomic E-state index is -0.264. The van der Waals surface area contributed by atoms with Gasteiger partial charge >= 0.3 is 0 Å². The van der Waals surface area contributed by atoms with Crippen LogP contribution in [0.2, 0.25) is 10.0 Å². The molecule has 0 aromatic heterocycles. The Labute approximate surface area is 92.0 Å². The molecular weight excluding hydrogens is 225 g/mol. The van der Waals surface area contributed by atoms with Crippen molar-refractivity contribution < 1.29 is 9.53 Å². The molecule has 1 rings (SSSR count). The molecule has 0 radical (unpaired) electrons. The average molecular weight is 234 g/mol. The largest absolute Gasteiger partial charge is 0.496 e. The van der Waals surface area contributed by atoms with Gasteiger partial charge in [-0.2, -0.15) is 0 Å². The third kappa shape index (κ3) is 2.11. The Bertz CT molecular complexity index is 366. The first-order chi connectivity index (χ1) is 6.60. The van der Waals surface area contributed by atoms with Gasteiger partial charge in [-0.05, 0) is 6.07 Å². The summed E-state index contributed by atoms with van der Waals surface area (Å²) in [6, 6.07) is 2.98. The second-order valence-electron chi connectivity index (χ2n) is 2.55. The van der Waals surface area contributed by atoms with E-state index in [-0.39, 0.29) is 5.91 Å². The molecule has 0 saturated carbocycles. The van der Waals surface area contributed by atoms with Crippen molar-refractivity contribution in [2.75, 3.05) is 14.2 Å². The number of rotatable bonds is 2. The van der Waals surface area contributed by atoms with Crippen LogP contribution in [-0.4, -0.2) is 20.1 Å². The highest BCUT2D eigenvalue weighted by Gasteiger charge is 2.13. The van der Waals surface area contributed by atoms with E-state index in [1.54, 1.807) is 0 Å². The molecule has 76 valence electrons. The molecular formula is C9H9Cl2NO2. The number of hydrogen-bond donors (Lipinski definition) is 1. The summed E-state index contributed by atoms with van der Waals surface area (Å²) < 4.78 is 5.00. The fraction of sp³-hybridized carbons (Fsp3) is 0.222. The molecule has 0 aliphatic heterocycles. The van der Waals surface area contributed by atoms with Crippen molar-refractivity contribution in [2.24, 2.45) is 0 Å². The molecule has 0 heterocycles. The Morgan fingerprint density at radius 1 is 1.36 bits per heavy atom. The summed E-state index contributed by atoms with van der Waals surface area (Å²) in [6.07, 6.45) is 0. The van der Waals surface area contributed by atoms with Crippen LogP contribution >= 0.6 is 23.2 Å². The molecule has 1 N–H and O–H groups in total. The first-order valence-corrected chi connectivity index (χ1v) is 4.61. The fourth-order valence-electron chi connectivity index (χ4n) is 1.01. The third-order valence-corrected chi connectivity index (χ3v) is 2.44. The minimum Gasteiger partial charge on any atom is -0.496 e. The zero-order valence-electron chi connectivity index (χ0n) is 7.73. The van der Waals surface area contributed by atoms with Crippen LogP contribution in [-0.2, 0) is 0 Å². The van der Waals surface area contributed by atoms with Crippen molar-refractivity contribution in [1.82, 2.24) is 5.32 Å². The lowest BCUT2D eigenvalue weighted by molar-refractivity contribution is 0.0960. The molecule has 0 atom stereocenters. The van der Waals surface area contributed by atoms with Crippen LogP contribution in [0.4, 0.5) is 0 Å². The van der Waals surface area contributed by atoms with Gasteiger partial charge in [-0.3, -0.25) is 4.79 Å². The molecule has 14 heavy (non-hydrogen) atoms. The lowest BCUT2D eigenvalue weighted by Gasteiger charge is -2.08. The summed E-state index contributed by atoms with van der Waals surface area (Å²) in [4.78, 5) is 11.4. The predicted molar refractivity (Wildman–Crippen MR) is 56.4 cm³/mol. The molecule has 1 amide bonds. The van der Waals surface area contributed by atoms with Crippen LogP contribution in [0, 0.1) is 0 Å². The van der Waals surface area contributed by atoms with Gasteiger partial charge in [-0.15, -0.1) is 0 Å². The molecule has 0 unspecified atom stereocenters. The molecule has 3 nitrogen and oxygen atoms in total. The monoisotopic (exact) mass is 233 g/mol. The molecule has 1 aromatic carbocycles. The molecule has 5 heteroatoms. The fourth-order valence-corrected chi connectivity index (χ4v) is 1.33. The van der Waals surface area contributed by atoms with Crippen molar-refractivity contribution in [3.05, 3.63) is 27.7 Å². The maximum Gasteiger partial charge on any atom is 0.254 e. The maximum absolute atomic E-state index is 11.4. The summed E-state index contributed by atoms with van der Waals surface area (Å²) in [5.41, 5.74) is 0.365. The number of ether oxygens (including phenoxy) is 1. The quantitative estimate of drug-likeness (QED) is 0.852. The van der Waals surface area contributed by atoms with E-state index in [4.69, 9.17) is 27.9 Å². The standard InChI is InChI=1S/C9H9Cl2NO2/c1-12-9(13)5-3-6(10)7(11)4-8(5)14-2/h3-4H,1-2H3,(H,12,13). The lowest BCUT2D eigenvalue weighted by atomic mass is 10.2. The first kappa shape index (κ1) is 11.1. The Kier molecular flexibility index (Phi) is 3.61. The molecule has 0 aliphatic carbocycles. The number of nitrogens with one attached hydrogen (secondary N) is 1. The zero-order chi connectivity index (χ0) is 10.7. The van der Waals surface area contributed by atoms with E-state index in [2.05, 4.69) is 5.32 Å². The Balaban J connectivity index is 3.27. The van der Waals surface area contributed by atoms with Crippen molar-refractivity contribution in [3.8, 4) is 5.75 Å². The van der Waals surface area contributed by atoms with Crippen LogP contribution in [0.25, 0.3) is 0 Å². The van der Waals surface area contributed by atoms with Gasteiger partial charge in [-0.25, -0.2) is 0 Å². The zero-order valence-corrected chi connectivity index (χ0v) is 9.24. The van der Waals surface area contributed by atoms with Crippen LogP contribution < -0.4 is 10.1 Å². The Morgan fingerprint density at radius 2 is 1.93 bits per heavy atom. The van der Waals surface area contributed by atoms with E-state index in [1.165, 1.54) is 26.3 Å². The predicted octanol–water partition coefficient (Wildman–Crippen LogP) is 2.36. The molecule has 0 spiro atoms. The summed E-state index contributed by atoms with van der Waals surface area (Å²) in [5, 5.41) is 3.16. The van der Waals surface area contributed by atoms with Crippen molar-refractivity contribution in [2.45, 2.75) is 0 Å². The average Bonchev–Trinajstić information content (AvgIpc) is 2.20. The van der Waals surface area contributed by atoms with Crippen molar-refractivity contribution in [1.29, 1.82) is 0 Å². The van der Waals surface area contributed by atoms with Gasteiger partial charge in [0, 0.05) is 13.1 Å². The third-order valence-electron chi connectivity index (χ3n) is 1.71. The van der Waals surface area contributed by atoms with E-state index in [0.717, 1.165) is 0 Å². The van der Waals surface area contributed by atoms with E-state index < -0.39 is 0 Å². The van der Waals surface area contributed by atoms with E-state index >= 15 is 0 Å². The summed E-state index contributed by atoms with van der Waals surface area (Å²) in [6.45, 7) is 0. The number of carbonyl (C=O) groups excluding carboxylic acids is 1. The summed E-state index contributed by atoms with van der Waals surface area (Å²) >= 11 is 11.5. The highest BCUT2D eigenvalue weighted by atomic mass is 35.5. The van der Waals surface area contributed by atoms with Gasteiger partial charge in [0.2, 0.25) is 0 Å². The van der Waals surface area contributed by atoms with Crippen LogP contribution in [0.5, 0.6) is 5.75 Å². The van der Waals surface area contributed by atoms with Gasteiger partial charge in [0.25, 0.3) is 5.91 Å². The van der Waals surface area contributed by atoms with Gasteiger partial charge in [0.05, 0.1) is 22.7 Å². The van der Waals surface area contributed by atoms with Crippen LogP contribution in [0.15, 0.2) is 12.1 Å². The lowest BCUT2D eigenvalue weighted by Crippen LogP contribution is -2.18. The SMILES string of the molecule is CNC(=O)c1cc(Cl)c(Cl)cc1OC. The highest BCUT2D eigenvalue weighted by molar-refractivity contribution is 6.42. The Morgan fingerprint density at radius 3 is 2.43 bits per heavy atom. The summed E-state index contributed by atoms with van der Waals surface area (Å²) in [5.74, 6) is 0.138. The normalized spacial score (nSPS) is 9.71. The molecule has 1 aromatic rings. The number of amides is 1. The van der Waals surface area contributed by atoms with Gasteiger partial charge in [-0.1, -0.05) is 23.2 Å². The van der Waals surface area contributed by atoms with Crippen LogP contribution in [0.3, 0.4) is 0 Å². The van der Waals surface area contributed by atoms with Gasteiger partial charge in [0.1, 0.15) is 5.75 Å². The second kappa shape index (κ2) is 4.53. The van der Waals surface area contributed by atoms with Gasteiger partial charge < -0.3 is 10.1 Å². The molecule has 0 fully saturated rings. The number of halogens is 2. The van der Waals surface area contributed by atoms with E-state index in [1.807, 2.05) is 0 Å². The van der Waals surface area contributed by atoms with Crippen LogP contribution in [0.1, 0.15) is 10.4 Å². The maximum atomic E-state index is 11.4.